The number of esters is 1. The Morgan fingerprint density at radius 1 is 1.31 bits per heavy atom. The summed E-state index contributed by atoms with van der Waals surface area (Å²) in [5.74, 6) is -1.39. The molecule has 144 valence electrons. The van der Waals surface area contributed by atoms with Crippen LogP contribution in [0.25, 0.3) is 0 Å². The highest BCUT2D eigenvalue weighted by atomic mass is 32.2. The van der Waals surface area contributed by atoms with Crippen molar-refractivity contribution in [2.24, 2.45) is 14.1 Å². The first kappa shape index (κ1) is 19.8. The third kappa shape index (κ3) is 3.55. The lowest BCUT2D eigenvalue weighted by Crippen LogP contribution is -2.58. The van der Waals surface area contributed by atoms with Gasteiger partial charge in [-0.25, -0.2) is 13.2 Å². The molecule has 1 N–H and O–H groups in total. The van der Waals surface area contributed by atoms with Crippen molar-refractivity contribution in [1.29, 1.82) is 0 Å². The highest BCUT2D eigenvalue weighted by molar-refractivity contribution is 7.89. The van der Waals surface area contributed by atoms with Crippen molar-refractivity contribution in [3.63, 3.8) is 0 Å². The van der Waals surface area contributed by atoms with E-state index in [2.05, 4.69) is 5.32 Å². The summed E-state index contributed by atoms with van der Waals surface area (Å²) in [5, 5.41) is 2.49. The van der Waals surface area contributed by atoms with E-state index in [1.165, 1.54) is 7.05 Å². The van der Waals surface area contributed by atoms with Gasteiger partial charge in [0.2, 0.25) is 5.91 Å². The van der Waals surface area contributed by atoms with Gasteiger partial charge in [0, 0.05) is 33.4 Å². The molecule has 0 spiro atoms. The first-order chi connectivity index (χ1) is 12.1. The average molecular weight is 388 g/mol. The number of ether oxygens (including phenoxy) is 1. The first-order valence-electron chi connectivity index (χ1n) is 7.83. The zero-order valence-electron chi connectivity index (χ0n) is 14.6. The number of hydrogen-bond donors (Lipinski definition) is 1. The van der Waals surface area contributed by atoms with Crippen LogP contribution in [0.1, 0.15) is 13.3 Å². The average Bonchev–Trinajstić information content (AvgIpc) is 2.58. The third-order valence-electron chi connectivity index (χ3n) is 3.95. The second-order valence-corrected chi connectivity index (χ2v) is 7.54. The number of piperazine rings is 1. The van der Waals surface area contributed by atoms with Gasteiger partial charge in [0.1, 0.15) is 6.04 Å². The number of nitrogens with one attached hydrogen (secondary N) is 1. The Morgan fingerprint density at radius 2 is 1.96 bits per heavy atom. The molecular weight excluding hydrogens is 368 g/mol. The van der Waals surface area contributed by atoms with Crippen LogP contribution in [-0.2, 0) is 38.4 Å². The fraction of sp³-hybridized carbons (Fsp3) is 0.571. The Morgan fingerprint density at radius 3 is 2.58 bits per heavy atom. The van der Waals surface area contributed by atoms with Crippen molar-refractivity contribution in [3.05, 3.63) is 27.0 Å². The molecule has 0 saturated carbocycles. The van der Waals surface area contributed by atoms with Crippen molar-refractivity contribution in [1.82, 2.24) is 18.8 Å². The van der Waals surface area contributed by atoms with Crippen LogP contribution in [0, 0.1) is 0 Å². The van der Waals surface area contributed by atoms with Gasteiger partial charge in [-0.2, -0.15) is 4.31 Å². The molecule has 2 heterocycles. The van der Waals surface area contributed by atoms with Gasteiger partial charge in [-0.3, -0.25) is 19.0 Å². The fourth-order valence-electron chi connectivity index (χ4n) is 2.63. The molecule has 1 aromatic rings. The summed E-state index contributed by atoms with van der Waals surface area (Å²) in [4.78, 5) is 47.3. The van der Waals surface area contributed by atoms with Gasteiger partial charge in [0.25, 0.3) is 15.6 Å². The van der Waals surface area contributed by atoms with Crippen LogP contribution in [0.4, 0.5) is 0 Å². The predicted molar refractivity (Wildman–Crippen MR) is 88.9 cm³/mol. The molecule has 1 amide bonds. The molecule has 1 aliphatic rings. The molecule has 12 heteroatoms. The predicted octanol–water partition coefficient (Wildman–Crippen LogP) is -2.47. The Labute approximate surface area is 149 Å². The molecule has 1 aromatic heterocycles. The van der Waals surface area contributed by atoms with Crippen molar-refractivity contribution in [3.8, 4) is 0 Å². The molecule has 26 heavy (non-hydrogen) atoms. The number of hydrogen-bond acceptors (Lipinski definition) is 7. The smallest absolute Gasteiger partial charge is 0.330 e. The van der Waals surface area contributed by atoms with Crippen LogP contribution in [-0.4, -0.2) is 59.5 Å². The topological polar surface area (TPSA) is 137 Å². The highest BCUT2D eigenvalue weighted by Gasteiger charge is 2.41. The summed E-state index contributed by atoms with van der Waals surface area (Å²) in [6.07, 6.45) is 0.429. The van der Waals surface area contributed by atoms with E-state index in [-0.39, 0.29) is 19.7 Å². The summed E-state index contributed by atoms with van der Waals surface area (Å²) >= 11 is 0. The fourth-order valence-corrected chi connectivity index (χ4v) is 4.37. The van der Waals surface area contributed by atoms with E-state index in [1.54, 1.807) is 6.92 Å². The molecule has 1 unspecified atom stereocenters. The molecule has 11 nitrogen and oxygen atoms in total. The number of rotatable bonds is 5. The van der Waals surface area contributed by atoms with E-state index >= 15 is 0 Å². The number of carbonyl (C=O) groups excluding carboxylic acids is 2. The minimum Gasteiger partial charge on any atom is -0.466 e. The van der Waals surface area contributed by atoms with Gasteiger partial charge in [-0.05, 0) is 6.92 Å². The van der Waals surface area contributed by atoms with Crippen LogP contribution < -0.4 is 16.6 Å². The Kier molecular flexibility index (Phi) is 5.66. The number of nitrogens with zero attached hydrogens (tertiary/aromatic N) is 3. The van der Waals surface area contributed by atoms with E-state index in [0.717, 1.165) is 22.1 Å². The Balaban J connectivity index is 2.52. The summed E-state index contributed by atoms with van der Waals surface area (Å²) in [7, 11) is -1.96. The zero-order valence-corrected chi connectivity index (χ0v) is 15.4. The van der Waals surface area contributed by atoms with Crippen molar-refractivity contribution in [2.45, 2.75) is 24.3 Å². The monoisotopic (exact) mass is 388 g/mol. The Bertz CT molecular complexity index is 947. The van der Waals surface area contributed by atoms with Crippen molar-refractivity contribution >= 4 is 21.9 Å². The molecule has 1 atom stereocenters. The third-order valence-corrected chi connectivity index (χ3v) is 5.84. The standard InChI is InChI=1S/C14H20N4O7S/c1-4-25-11(19)7-9-12(20)15-5-6-18(9)26(23,24)10-8-16(2)14(22)17(3)13(10)21/h8-9H,4-7H2,1-3H3,(H,15,20). The van der Waals surface area contributed by atoms with Gasteiger partial charge in [-0.1, -0.05) is 0 Å². The highest BCUT2D eigenvalue weighted by Crippen LogP contribution is 2.19. The minimum absolute atomic E-state index is 0.0312. The summed E-state index contributed by atoms with van der Waals surface area (Å²) in [6, 6.07) is -1.34. The minimum atomic E-state index is -4.43. The van der Waals surface area contributed by atoms with E-state index in [9.17, 15) is 27.6 Å². The summed E-state index contributed by atoms with van der Waals surface area (Å²) in [5.41, 5.74) is -1.69. The molecule has 0 aromatic carbocycles. The number of aromatic nitrogens is 2. The van der Waals surface area contributed by atoms with E-state index in [4.69, 9.17) is 4.74 Å². The number of amides is 1. The maximum atomic E-state index is 13.0. The first-order valence-corrected chi connectivity index (χ1v) is 9.27. The van der Waals surface area contributed by atoms with Crippen molar-refractivity contribution in [2.75, 3.05) is 19.7 Å². The lowest BCUT2D eigenvalue weighted by atomic mass is 10.1. The van der Waals surface area contributed by atoms with Gasteiger partial charge in [0.05, 0.1) is 13.0 Å². The van der Waals surface area contributed by atoms with E-state index < -0.39 is 50.5 Å². The van der Waals surface area contributed by atoms with Crippen LogP contribution >= 0.6 is 0 Å². The quantitative estimate of drug-likeness (QED) is 0.552. The number of sulfonamides is 1. The maximum Gasteiger partial charge on any atom is 0.330 e. The lowest BCUT2D eigenvalue weighted by molar-refractivity contribution is -0.146. The van der Waals surface area contributed by atoms with Crippen LogP contribution in [0.2, 0.25) is 0 Å². The molecule has 1 aliphatic heterocycles. The zero-order chi connectivity index (χ0) is 19.6. The molecule has 0 aliphatic carbocycles. The largest absolute Gasteiger partial charge is 0.466 e. The van der Waals surface area contributed by atoms with E-state index in [0.29, 0.717) is 4.57 Å². The molecular formula is C14H20N4O7S. The van der Waals surface area contributed by atoms with Gasteiger partial charge in [-0.15, -0.1) is 0 Å². The number of carbonyl (C=O) groups is 2. The van der Waals surface area contributed by atoms with Crippen LogP contribution in [0.15, 0.2) is 20.7 Å². The SMILES string of the molecule is CCOC(=O)CC1C(=O)NCCN1S(=O)(=O)c1cn(C)c(=O)n(C)c1=O. The lowest BCUT2D eigenvalue weighted by Gasteiger charge is -2.33. The number of aryl methyl sites for hydroxylation is 1. The molecule has 2 rings (SSSR count). The molecule has 1 saturated heterocycles. The summed E-state index contributed by atoms with van der Waals surface area (Å²) < 4.78 is 33.2. The maximum absolute atomic E-state index is 13.0. The normalized spacial score (nSPS) is 18.4. The van der Waals surface area contributed by atoms with Gasteiger partial charge >= 0.3 is 11.7 Å². The molecule has 0 radical (unpaired) electrons. The van der Waals surface area contributed by atoms with Crippen LogP contribution in [0.3, 0.4) is 0 Å². The van der Waals surface area contributed by atoms with Crippen LogP contribution in [0.5, 0.6) is 0 Å². The summed E-state index contributed by atoms with van der Waals surface area (Å²) in [6.45, 7) is 1.58. The molecule has 1 fully saturated rings. The molecule has 0 bridgehead atoms. The second-order valence-electron chi connectivity index (χ2n) is 5.68. The van der Waals surface area contributed by atoms with E-state index in [1.807, 2.05) is 0 Å². The van der Waals surface area contributed by atoms with Gasteiger partial charge in [0.15, 0.2) is 4.90 Å². The van der Waals surface area contributed by atoms with Crippen molar-refractivity contribution < 1.29 is 22.7 Å². The second kappa shape index (κ2) is 7.41. The van der Waals surface area contributed by atoms with Gasteiger partial charge < -0.3 is 14.6 Å². The Hall–Kier alpha value is -2.47.